The van der Waals surface area contributed by atoms with E-state index in [-0.39, 0.29) is 18.1 Å². The summed E-state index contributed by atoms with van der Waals surface area (Å²) in [6.45, 7) is 23.2. The van der Waals surface area contributed by atoms with E-state index in [1.807, 2.05) is 6.92 Å². The Labute approximate surface area is 517 Å². The number of rotatable bonds is 75. The van der Waals surface area contributed by atoms with Crippen LogP contribution >= 0.6 is 0 Å². The van der Waals surface area contributed by atoms with Crippen LogP contribution in [0.2, 0.25) is 0 Å². The number of unbranched alkanes of at least 4 members (excludes halogenated alkanes) is 1. The van der Waals surface area contributed by atoms with Gasteiger partial charge in [-0.1, -0.05) is 17.7 Å². The largest absolute Gasteiger partial charge is 0.379 e. The number of hydrogen-bond donors (Lipinski definition) is 0. The second-order valence-electron chi connectivity index (χ2n) is 17.7. The molecule has 0 radical (unpaired) electrons. The summed E-state index contributed by atoms with van der Waals surface area (Å²) in [4.78, 5) is 2.90. The Morgan fingerprint density at radius 1 is 0.299 bits per heavy atom. The lowest BCUT2D eigenvalue weighted by Gasteiger charge is -2.09. The predicted octanol–water partition coefficient (Wildman–Crippen LogP) is 2.32. The van der Waals surface area contributed by atoms with E-state index < -0.39 is 10.1 Å². The highest BCUT2D eigenvalue weighted by molar-refractivity contribution is 7.86. The SMILES string of the molecule is Cc1ccc(S(=O)(=O)OCCOCCOCCOCCOCCOCCOCCOCCOCCOCCOCCOCCOCCOCCOCCOCCOCCOCCOCCOCCOCCOCCOCCOCCCC=C=[N+]=[N-])cc1. The van der Waals surface area contributed by atoms with Crippen LogP contribution < -0.4 is 0 Å². The lowest BCUT2D eigenvalue weighted by molar-refractivity contribution is -0.0319. The van der Waals surface area contributed by atoms with Crippen LogP contribution in [-0.2, 0) is 123 Å². The number of nitrogens with zero attached hydrogens (tertiary/aromatic N) is 2. The first kappa shape index (κ1) is 82.4. The molecule has 0 aliphatic rings. The number of allylic oxidation sites excluding steroid dienone is 1. The van der Waals surface area contributed by atoms with Crippen LogP contribution in [0, 0.1) is 6.92 Å². The van der Waals surface area contributed by atoms with Gasteiger partial charge in [-0.15, -0.1) is 4.79 Å². The van der Waals surface area contributed by atoms with E-state index in [9.17, 15) is 8.42 Å². The van der Waals surface area contributed by atoms with Crippen LogP contribution in [0.5, 0.6) is 0 Å². The van der Waals surface area contributed by atoms with Gasteiger partial charge in [-0.25, -0.2) is 0 Å². The quantitative estimate of drug-likeness (QED) is 0.0297. The molecule has 29 heteroatoms. The Morgan fingerprint density at radius 2 is 0.471 bits per heavy atom. The first-order chi connectivity index (χ1) is 43.1. The summed E-state index contributed by atoms with van der Waals surface area (Å²) in [7, 11) is -3.79. The number of hydrogen-bond acceptors (Lipinski definition) is 26. The molecular weight excluding hydrogens is 1170 g/mol. The molecule has 0 unspecified atom stereocenters. The summed E-state index contributed by atoms with van der Waals surface area (Å²) in [5.74, 6) is 2.36. The summed E-state index contributed by atoms with van der Waals surface area (Å²) >= 11 is 0. The molecule has 1 aromatic carbocycles. The second kappa shape index (κ2) is 70.8. The number of ether oxygens (including phenoxy) is 23. The molecule has 0 fully saturated rings. The highest BCUT2D eigenvalue weighted by Crippen LogP contribution is 2.13. The van der Waals surface area contributed by atoms with E-state index in [1.54, 1.807) is 18.2 Å². The van der Waals surface area contributed by atoms with Gasteiger partial charge in [0.15, 0.2) is 0 Å². The topological polar surface area (TPSA) is 292 Å². The Morgan fingerprint density at radius 3 is 0.655 bits per heavy atom. The van der Waals surface area contributed by atoms with Crippen molar-refractivity contribution in [3.8, 4) is 0 Å². The second-order valence-corrected chi connectivity index (χ2v) is 19.4. The third kappa shape index (κ3) is 66.1. The van der Waals surface area contributed by atoms with Gasteiger partial charge in [0.2, 0.25) is 0 Å². The highest BCUT2D eigenvalue weighted by Gasteiger charge is 2.14. The minimum Gasteiger partial charge on any atom is -0.379 e. The molecule has 0 amide bonds. The van der Waals surface area contributed by atoms with E-state index in [0.717, 1.165) is 18.4 Å². The van der Waals surface area contributed by atoms with Crippen LogP contribution in [0.25, 0.3) is 5.53 Å². The van der Waals surface area contributed by atoms with Crippen molar-refractivity contribution in [3.63, 3.8) is 0 Å². The zero-order valence-corrected chi connectivity index (χ0v) is 52.8. The average Bonchev–Trinajstić information content (AvgIpc) is 3.24. The summed E-state index contributed by atoms with van der Waals surface area (Å²) in [5, 5.41) is 0. The van der Waals surface area contributed by atoms with Crippen LogP contribution in [-0.4, -0.2) is 330 Å². The molecule has 0 atom stereocenters. The van der Waals surface area contributed by atoms with Crippen molar-refractivity contribution in [2.75, 3.05) is 311 Å². The van der Waals surface area contributed by atoms with Gasteiger partial charge in [0.1, 0.15) is 0 Å². The summed E-state index contributed by atoms with van der Waals surface area (Å²) < 4.78 is 156. The third-order valence-electron chi connectivity index (χ3n) is 10.7. The molecule has 0 heterocycles. The third-order valence-corrected chi connectivity index (χ3v) is 12.1. The lowest BCUT2D eigenvalue weighted by Crippen LogP contribution is -2.16. The van der Waals surface area contributed by atoms with Crippen molar-refractivity contribution in [1.82, 2.24) is 0 Å². The zero-order valence-electron chi connectivity index (χ0n) is 52.0. The molecule has 0 aliphatic carbocycles. The van der Waals surface area contributed by atoms with Gasteiger partial charge in [0.05, 0.1) is 309 Å². The highest BCUT2D eigenvalue weighted by atomic mass is 32.2. The molecule has 1 rings (SSSR count). The van der Waals surface area contributed by atoms with Crippen molar-refractivity contribution in [2.45, 2.75) is 24.7 Å². The molecule has 87 heavy (non-hydrogen) atoms. The zero-order chi connectivity index (χ0) is 62.2. The van der Waals surface area contributed by atoms with Crippen molar-refractivity contribution in [3.05, 3.63) is 41.4 Å². The van der Waals surface area contributed by atoms with Gasteiger partial charge >= 0.3 is 0 Å². The summed E-state index contributed by atoms with van der Waals surface area (Å²) in [6, 6.07) is 6.47. The van der Waals surface area contributed by atoms with Crippen molar-refractivity contribution < 1.29 is 126 Å². The van der Waals surface area contributed by atoms with E-state index in [1.165, 1.54) is 12.1 Å². The Kier molecular flexibility index (Phi) is 67.1. The minimum absolute atomic E-state index is 0.0695. The maximum absolute atomic E-state index is 12.1. The first-order valence-electron chi connectivity index (χ1n) is 30.2. The van der Waals surface area contributed by atoms with Crippen LogP contribution in [0.3, 0.4) is 0 Å². The molecular formula is C58H106N2O26S. The van der Waals surface area contributed by atoms with E-state index in [0.29, 0.717) is 297 Å². The van der Waals surface area contributed by atoms with E-state index >= 15 is 0 Å². The average molecular weight is 1280 g/mol. The Hall–Kier alpha value is -2.63. The summed E-state index contributed by atoms with van der Waals surface area (Å²) in [5.41, 5.74) is 9.21. The van der Waals surface area contributed by atoms with Crippen molar-refractivity contribution in [1.29, 1.82) is 0 Å². The number of benzene rings is 1. The number of aryl methyl sites for hydroxylation is 1. The molecule has 510 valence electrons. The molecule has 0 bridgehead atoms. The molecule has 0 saturated carbocycles. The van der Waals surface area contributed by atoms with Gasteiger partial charge < -0.3 is 114 Å². The van der Waals surface area contributed by atoms with Crippen molar-refractivity contribution in [2.24, 2.45) is 0 Å². The maximum Gasteiger partial charge on any atom is 0.297 e. The first-order valence-corrected chi connectivity index (χ1v) is 31.6. The molecule has 0 spiro atoms. The van der Waals surface area contributed by atoms with Crippen molar-refractivity contribution >= 4 is 16.0 Å². The monoisotopic (exact) mass is 1280 g/mol. The minimum atomic E-state index is -3.79. The molecule has 0 saturated heterocycles. The molecule has 0 aromatic heterocycles. The molecule has 1 aromatic rings. The van der Waals surface area contributed by atoms with E-state index in [4.69, 9.17) is 119 Å². The van der Waals surface area contributed by atoms with Gasteiger partial charge in [-0.3, -0.25) is 4.18 Å². The molecule has 0 aliphatic heterocycles. The van der Waals surface area contributed by atoms with Crippen LogP contribution in [0.4, 0.5) is 0 Å². The lowest BCUT2D eigenvalue weighted by atomic mass is 10.2. The fraction of sp³-hybridized carbons (Fsp3) is 0.862. The summed E-state index contributed by atoms with van der Waals surface area (Å²) in [6.07, 6.45) is 3.25. The molecule has 28 nitrogen and oxygen atoms in total. The van der Waals surface area contributed by atoms with E-state index in [2.05, 4.69) is 10.7 Å². The predicted molar refractivity (Wildman–Crippen MR) is 316 cm³/mol. The smallest absolute Gasteiger partial charge is 0.297 e. The Bertz CT molecular complexity index is 1720. The van der Waals surface area contributed by atoms with Crippen LogP contribution in [0.1, 0.15) is 18.4 Å². The normalized spacial score (nSPS) is 11.7. The van der Waals surface area contributed by atoms with Gasteiger partial charge in [-0.2, -0.15) is 8.42 Å². The maximum atomic E-state index is 12.1. The molecule has 0 N–H and O–H groups in total. The van der Waals surface area contributed by atoms with Gasteiger partial charge in [0.25, 0.3) is 16.0 Å². The van der Waals surface area contributed by atoms with Crippen LogP contribution in [0.15, 0.2) is 35.2 Å². The standard InChI is InChI=1S/C58H106N2O26S/c1-57-5-7-58(8-6-57)87(61,62)86-56-55-85-54-53-84-52-51-83-50-49-82-48-47-81-46-45-80-44-43-79-42-41-78-40-39-77-38-37-76-36-35-75-34-33-74-32-31-73-30-29-72-28-27-71-26-25-70-24-23-69-22-21-68-20-19-67-18-17-66-16-15-65-14-13-64-12-11-63-10-4-2-3-9-60-59/h3,5-8H,2,4,10-56H2,1H3. The fourth-order valence-electron chi connectivity index (χ4n) is 6.31. The fourth-order valence-corrected chi connectivity index (χ4v) is 7.20. The van der Waals surface area contributed by atoms with Gasteiger partial charge in [0, 0.05) is 12.7 Å². The Balaban J connectivity index is 1.60. The van der Waals surface area contributed by atoms with Gasteiger partial charge in [-0.05, 0) is 31.9 Å².